The lowest BCUT2D eigenvalue weighted by molar-refractivity contribution is 0.588. The zero-order chi connectivity index (χ0) is 10.8. The lowest BCUT2D eigenvalue weighted by Gasteiger charge is -1.99. The van der Waals surface area contributed by atoms with E-state index in [1.54, 1.807) is 16.8 Å². The second-order valence-corrected chi connectivity index (χ2v) is 4.90. The number of nitrogens with one attached hydrogen (secondary N) is 2. The molecule has 0 fully saturated rings. The highest BCUT2D eigenvalue weighted by atomic mass is 32.2. The monoisotopic (exact) mass is 217 g/mol. The maximum absolute atomic E-state index is 11.4. The summed E-state index contributed by atoms with van der Waals surface area (Å²) < 4.78 is 26.9. The fourth-order valence-electron chi connectivity index (χ4n) is 1.20. The van der Waals surface area contributed by atoms with E-state index in [0.717, 1.165) is 5.69 Å². The molecule has 0 saturated heterocycles. The highest BCUT2D eigenvalue weighted by Crippen LogP contribution is 2.12. The van der Waals surface area contributed by atoms with Gasteiger partial charge in [0.15, 0.2) is 0 Å². The van der Waals surface area contributed by atoms with Crippen molar-refractivity contribution in [2.24, 2.45) is 7.05 Å². The van der Waals surface area contributed by atoms with E-state index in [2.05, 4.69) is 10.0 Å². The minimum absolute atomic E-state index is 0.299. The quantitative estimate of drug-likeness (QED) is 0.725. The summed E-state index contributed by atoms with van der Waals surface area (Å²) in [7, 11) is 1.73. The second-order valence-electron chi connectivity index (χ2n) is 3.02. The van der Waals surface area contributed by atoms with Gasteiger partial charge in [-0.1, -0.05) is 0 Å². The van der Waals surface area contributed by atoms with E-state index in [1.807, 2.05) is 14.1 Å². The molecule has 6 heteroatoms. The number of aromatic nitrogens is 1. The van der Waals surface area contributed by atoms with E-state index in [4.69, 9.17) is 0 Å². The van der Waals surface area contributed by atoms with Crippen LogP contribution in [0.15, 0.2) is 17.2 Å². The van der Waals surface area contributed by atoms with Gasteiger partial charge in [-0.05, 0) is 20.2 Å². The lowest BCUT2D eigenvalue weighted by atomic mass is 10.4. The Balaban J connectivity index is 3.08. The maximum atomic E-state index is 11.4. The van der Waals surface area contributed by atoms with Gasteiger partial charge >= 0.3 is 0 Å². The number of rotatable bonds is 4. The van der Waals surface area contributed by atoms with Crippen molar-refractivity contribution in [1.29, 1.82) is 0 Å². The zero-order valence-electron chi connectivity index (χ0n) is 8.53. The van der Waals surface area contributed by atoms with Crippen molar-refractivity contribution in [2.75, 3.05) is 14.1 Å². The van der Waals surface area contributed by atoms with E-state index < -0.39 is 10.0 Å². The van der Waals surface area contributed by atoms with Crippen LogP contribution in [0.25, 0.3) is 0 Å². The van der Waals surface area contributed by atoms with Crippen molar-refractivity contribution in [1.82, 2.24) is 14.6 Å². The molecule has 5 nitrogen and oxygen atoms in total. The topological polar surface area (TPSA) is 63.1 Å². The van der Waals surface area contributed by atoms with Gasteiger partial charge in [-0.3, -0.25) is 0 Å². The highest BCUT2D eigenvalue weighted by molar-refractivity contribution is 7.89. The first-order valence-corrected chi connectivity index (χ1v) is 5.73. The molecule has 80 valence electrons. The minimum Gasteiger partial charge on any atom is -0.352 e. The van der Waals surface area contributed by atoms with Crippen LogP contribution in [0.2, 0.25) is 0 Å². The summed E-state index contributed by atoms with van der Waals surface area (Å²) in [4.78, 5) is 0.299. The molecule has 0 saturated carbocycles. The molecule has 0 atom stereocenters. The number of nitrogens with zero attached hydrogens (tertiary/aromatic N) is 1. The molecule has 0 aliphatic carbocycles. The molecule has 0 aliphatic rings. The Bertz CT molecular complexity index is 408. The zero-order valence-corrected chi connectivity index (χ0v) is 9.35. The van der Waals surface area contributed by atoms with Crippen LogP contribution in [0.1, 0.15) is 5.69 Å². The third kappa shape index (κ3) is 2.14. The molecule has 0 aliphatic heterocycles. The molecule has 2 N–H and O–H groups in total. The number of aryl methyl sites for hydroxylation is 1. The molecular formula is C8H15N3O2S. The predicted octanol–water partition coefficient (Wildman–Crippen LogP) is -0.347. The number of hydrogen-bond donors (Lipinski definition) is 2. The Morgan fingerprint density at radius 2 is 2.07 bits per heavy atom. The smallest absolute Gasteiger partial charge is 0.241 e. The molecule has 1 heterocycles. The van der Waals surface area contributed by atoms with Crippen LogP contribution in [0.3, 0.4) is 0 Å². The first-order valence-electron chi connectivity index (χ1n) is 4.24. The van der Waals surface area contributed by atoms with Gasteiger partial charge in [0, 0.05) is 25.5 Å². The van der Waals surface area contributed by atoms with Crippen molar-refractivity contribution in [3.8, 4) is 0 Å². The van der Waals surface area contributed by atoms with Crippen molar-refractivity contribution >= 4 is 10.0 Å². The van der Waals surface area contributed by atoms with E-state index in [1.165, 1.54) is 7.05 Å². The Hall–Kier alpha value is -0.850. The highest BCUT2D eigenvalue weighted by Gasteiger charge is 2.14. The van der Waals surface area contributed by atoms with Crippen molar-refractivity contribution in [2.45, 2.75) is 11.4 Å². The molecule has 0 aromatic carbocycles. The van der Waals surface area contributed by atoms with Crippen LogP contribution >= 0.6 is 0 Å². The molecule has 0 unspecified atom stereocenters. The molecule has 0 radical (unpaired) electrons. The van der Waals surface area contributed by atoms with Gasteiger partial charge < -0.3 is 9.88 Å². The van der Waals surface area contributed by atoms with E-state index in [-0.39, 0.29) is 0 Å². The molecule has 0 spiro atoms. The summed E-state index contributed by atoms with van der Waals surface area (Å²) in [6, 6.07) is 1.66. The maximum Gasteiger partial charge on any atom is 0.241 e. The molecule has 14 heavy (non-hydrogen) atoms. The van der Waals surface area contributed by atoms with Gasteiger partial charge in [-0.2, -0.15) is 0 Å². The molecule has 0 amide bonds. The number of hydrogen-bond acceptors (Lipinski definition) is 3. The summed E-state index contributed by atoms with van der Waals surface area (Å²) in [5.74, 6) is 0. The van der Waals surface area contributed by atoms with Gasteiger partial charge in [0.2, 0.25) is 10.0 Å². The van der Waals surface area contributed by atoms with Crippen molar-refractivity contribution in [3.63, 3.8) is 0 Å². The fourth-order valence-corrected chi connectivity index (χ4v) is 2.02. The van der Waals surface area contributed by atoms with Crippen LogP contribution < -0.4 is 10.0 Å². The third-order valence-electron chi connectivity index (χ3n) is 2.02. The van der Waals surface area contributed by atoms with Crippen LogP contribution in [-0.4, -0.2) is 27.1 Å². The standard InChI is InChI=1S/C8H15N3O2S/c1-9-5-7-4-8(6-11(7)3)14(12,13)10-2/h4,6,9-10H,5H2,1-3H3. The lowest BCUT2D eigenvalue weighted by Crippen LogP contribution is -2.17. The van der Waals surface area contributed by atoms with Gasteiger partial charge in [0.05, 0.1) is 4.90 Å². The van der Waals surface area contributed by atoms with Crippen LogP contribution in [0.4, 0.5) is 0 Å². The molecule has 0 bridgehead atoms. The summed E-state index contributed by atoms with van der Waals surface area (Å²) in [5.41, 5.74) is 0.932. The first kappa shape index (κ1) is 11.2. The average molecular weight is 217 g/mol. The van der Waals surface area contributed by atoms with Crippen LogP contribution in [0, 0.1) is 0 Å². The second kappa shape index (κ2) is 4.12. The number of sulfonamides is 1. The summed E-state index contributed by atoms with van der Waals surface area (Å²) in [6.07, 6.45) is 1.60. The van der Waals surface area contributed by atoms with E-state index >= 15 is 0 Å². The van der Waals surface area contributed by atoms with Crippen molar-refractivity contribution < 1.29 is 8.42 Å². The molecule has 1 aromatic heterocycles. The van der Waals surface area contributed by atoms with Gasteiger partial charge in [-0.25, -0.2) is 13.1 Å². The SMILES string of the molecule is CNCc1cc(S(=O)(=O)NC)cn1C. The fraction of sp³-hybridized carbons (Fsp3) is 0.500. The van der Waals surface area contributed by atoms with E-state index in [9.17, 15) is 8.42 Å². The van der Waals surface area contributed by atoms with Gasteiger partial charge in [-0.15, -0.1) is 0 Å². The molecular weight excluding hydrogens is 202 g/mol. The van der Waals surface area contributed by atoms with Gasteiger partial charge in [0.1, 0.15) is 0 Å². The van der Waals surface area contributed by atoms with Crippen molar-refractivity contribution in [3.05, 3.63) is 18.0 Å². The Morgan fingerprint density at radius 3 is 2.57 bits per heavy atom. The summed E-state index contributed by atoms with van der Waals surface area (Å²) in [5, 5.41) is 2.97. The largest absolute Gasteiger partial charge is 0.352 e. The van der Waals surface area contributed by atoms with Crippen LogP contribution in [0.5, 0.6) is 0 Å². The molecule has 1 rings (SSSR count). The Labute approximate surface area is 84.2 Å². The van der Waals surface area contributed by atoms with E-state index in [0.29, 0.717) is 11.4 Å². The summed E-state index contributed by atoms with van der Waals surface area (Å²) in [6.45, 7) is 0.649. The molecule has 1 aromatic rings. The van der Waals surface area contributed by atoms with Crippen LogP contribution in [-0.2, 0) is 23.6 Å². The Kier molecular flexibility index (Phi) is 3.30. The minimum atomic E-state index is -3.32. The first-order chi connectivity index (χ1) is 6.51. The van der Waals surface area contributed by atoms with Gasteiger partial charge in [0.25, 0.3) is 0 Å². The average Bonchev–Trinajstić information content (AvgIpc) is 2.49. The normalized spacial score (nSPS) is 11.9. The third-order valence-corrected chi connectivity index (χ3v) is 3.40. The summed E-state index contributed by atoms with van der Waals surface area (Å²) >= 11 is 0. The Morgan fingerprint density at radius 1 is 1.43 bits per heavy atom. The predicted molar refractivity (Wildman–Crippen MR) is 54.4 cm³/mol.